The average molecular weight is 712 g/mol. The molecule has 12 heteroatoms. The predicted octanol–water partition coefficient (Wildman–Crippen LogP) is 3.63. The van der Waals surface area contributed by atoms with Crippen LogP contribution in [0.2, 0.25) is 0 Å². The van der Waals surface area contributed by atoms with E-state index in [2.05, 4.69) is 16.0 Å². The number of hydrogen-bond donors (Lipinski definition) is 3. The lowest BCUT2D eigenvalue weighted by Crippen LogP contribution is -2.55. The molecule has 0 saturated carbocycles. The van der Waals surface area contributed by atoms with E-state index in [4.69, 9.17) is 9.47 Å². The minimum Gasteiger partial charge on any atom is -0.449 e. The van der Waals surface area contributed by atoms with Crippen molar-refractivity contribution in [1.29, 1.82) is 0 Å². The molecule has 0 aromatic heterocycles. The van der Waals surface area contributed by atoms with Crippen LogP contribution in [0.25, 0.3) is 11.1 Å². The third-order valence-electron chi connectivity index (χ3n) is 9.38. The number of piperidine rings is 1. The molecule has 3 aromatic rings. The number of hydrogen-bond acceptors (Lipinski definition) is 7. The maximum atomic E-state index is 13.6. The zero-order valence-electron chi connectivity index (χ0n) is 30.0. The number of carbonyl (C=O) groups is 5. The molecule has 12 nitrogen and oxygen atoms in total. The zero-order valence-corrected chi connectivity index (χ0v) is 30.0. The van der Waals surface area contributed by atoms with Gasteiger partial charge >= 0.3 is 6.09 Å². The molecule has 0 spiro atoms. The normalized spacial score (nSPS) is 14.7. The Kier molecular flexibility index (Phi) is 13.8. The van der Waals surface area contributed by atoms with Gasteiger partial charge < -0.3 is 35.2 Å². The minimum absolute atomic E-state index is 0.0727. The summed E-state index contributed by atoms with van der Waals surface area (Å²) in [7, 11) is 1.44. The lowest BCUT2D eigenvalue weighted by atomic mass is 9.98. The fraction of sp³-hybridized carbons (Fsp3) is 0.425. The molecule has 1 heterocycles. The summed E-state index contributed by atoms with van der Waals surface area (Å²) in [4.78, 5) is 68.9. The van der Waals surface area contributed by atoms with Crippen LogP contribution in [0.4, 0.5) is 4.79 Å². The smallest absolute Gasteiger partial charge is 0.407 e. The van der Waals surface area contributed by atoms with Gasteiger partial charge in [0.25, 0.3) is 0 Å². The second-order valence-electron chi connectivity index (χ2n) is 13.3. The third kappa shape index (κ3) is 10.2. The molecule has 1 aliphatic heterocycles. The van der Waals surface area contributed by atoms with Crippen LogP contribution in [-0.2, 0) is 35.1 Å². The molecule has 0 bridgehead atoms. The van der Waals surface area contributed by atoms with Crippen molar-refractivity contribution in [2.75, 3.05) is 53.0 Å². The number of carbonyl (C=O) groups excluding carboxylic acids is 5. The molecule has 5 rings (SSSR count). The van der Waals surface area contributed by atoms with Crippen LogP contribution in [0, 0.1) is 0 Å². The summed E-state index contributed by atoms with van der Waals surface area (Å²) < 4.78 is 11.3. The molecule has 0 radical (unpaired) electrons. The highest BCUT2D eigenvalue weighted by atomic mass is 16.5. The number of likely N-dealkylation sites (N-methyl/N-ethyl adjacent to an activating group) is 1. The van der Waals surface area contributed by atoms with Gasteiger partial charge in [0, 0.05) is 39.1 Å². The molecule has 52 heavy (non-hydrogen) atoms. The van der Waals surface area contributed by atoms with E-state index >= 15 is 0 Å². The molecule has 3 N–H and O–H groups in total. The highest BCUT2D eigenvalue weighted by Crippen LogP contribution is 2.44. The monoisotopic (exact) mass is 711 g/mol. The first-order valence-electron chi connectivity index (χ1n) is 18.1. The van der Waals surface area contributed by atoms with Gasteiger partial charge in [-0.05, 0) is 53.5 Å². The third-order valence-corrected chi connectivity index (χ3v) is 9.38. The molecule has 5 amide bonds. The Balaban J connectivity index is 1.18. The number of ether oxygens (including phenoxy) is 2. The average Bonchev–Trinajstić information content (AvgIpc) is 3.49. The lowest BCUT2D eigenvalue weighted by Gasteiger charge is -2.27. The van der Waals surface area contributed by atoms with E-state index in [0.717, 1.165) is 47.1 Å². The van der Waals surface area contributed by atoms with E-state index in [1.165, 1.54) is 11.9 Å². The number of likely N-dealkylation sites (tertiary alicyclic amines) is 1. The fourth-order valence-corrected chi connectivity index (χ4v) is 6.70. The van der Waals surface area contributed by atoms with Gasteiger partial charge in [-0.15, -0.1) is 0 Å². The second kappa shape index (κ2) is 18.8. The van der Waals surface area contributed by atoms with E-state index in [0.29, 0.717) is 26.1 Å². The molecule has 276 valence electrons. The van der Waals surface area contributed by atoms with Crippen molar-refractivity contribution in [2.24, 2.45) is 0 Å². The van der Waals surface area contributed by atoms with Crippen LogP contribution >= 0.6 is 0 Å². The van der Waals surface area contributed by atoms with Crippen molar-refractivity contribution >= 4 is 29.7 Å². The Bertz CT molecular complexity index is 1650. The van der Waals surface area contributed by atoms with Gasteiger partial charge in [-0.1, -0.05) is 85.8 Å². The first-order valence-corrected chi connectivity index (χ1v) is 18.1. The summed E-state index contributed by atoms with van der Waals surface area (Å²) in [6, 6.07) is 23.1. The lowest BCUT2D eigenvalue weighted by molar-refractivity contribution is -0.138. The van der Waals surface area contributed by atoms with Gasteiger partial charge in [0.2, 0.25) is 23.6 Å². The van der Waals surface area contributed by atoms with Crippen LogP contribution in [0.3, 0.4) is 0 Å². The van der Waals surface area contributed by atoms with Gasteiger partial charge in [0.15, 0.2) is 0 Å². The summed E-state index contributed by atoms with van der Waals surface area (Å²) in [5.41, 5.74) is 5.14. The van der Waals surface area contributed by atoms with Crippen molar-refractivity contribution in [3.05, 3.63) is 95.6 Å². The predicted molar refractivity (Wildman–Crippen MR) is 196 cm³/mol. The van der Waals surface area contributed by atoms with E-state index in [-0.39, 0.29) is 44.5 Å². The summed E-state index contributed by atoms with van der Waals surface area (Å²) >= 11 is 0. The van der Waals surface area contributed by atoms with Crippen molar-refractivity contribution in [2.45, 2.75) is 57.0 Å². The number of alkyl carbamates (subject to hydrolysis) is 1. The number of nitrogens with one attached hydrogen (secondary N) is 3. The number of amides is 5. The van der Waals surface area contributed by atoms with Gasteiger partial charge in [-0.2, -0.15) is 0 Å². The summed E-state index contributed by atoms with van der Waals surface area (Å²) in [6.07, 6.45) is 3.06. The van der Waals surface area contributed by atoms with E-state index in [9.17, 15) is 24.0 Å². The number of rotatable bonds is 16. The summed E-state index contributed by atoms with van der Waals surface area (Å²) in [6.45, 7) is 3.03. The maximum absolute atomic E-state index is 13.6. The molecule has 2 unspecified atom stereocenters. The quantitative estimate of drug-likeness (QED) is 0.193. The van der Waals surface area contributed by atoms with E-state index in [1.54, 1.807) is 4.90 Å². The number of benzene rings is 3. The SMILES string of the molecule is CCCOCC(NC(=O)OCC1c2ccccc2-c2ccccc21)C(=O)N(C)CC(=O)NC(Cc1ccccc1)C(=O)NCC(=O)N1CCCCC1. The molecular weight excluding hydrogens is 662 g/mol. The highest BCUT2D eigenvalue weighted by Gasteiger charge is 2.31. The van der Waals surface area contributed by atoms with Crippen molar-refractivity contribution in [3.8, 4) is 11.1 Å². The Morgan fingerprint density at radius 1 is 0.827 bits per heavy atom. The first-order chi connectivity index (χ1) is 25.2. The minimum atomic E-state index is -1.12. The number of nitrogens with zero attached hydrogens (tertiary/aromatic N) is 2. The molecule has 1 aliphatic carbocycles. The van der Waals surface area contributed by atoms with Crippen LogP contribution in [0.1, 0.15) is 55.2 Å². The van der Waals surface area contributed by atoms with Crippen LogP contribution < -0.4 is 16.0 Å². The Morgan fingerprint density at radius 2 is 1.46 bits per heavy atom. The fourth-order valence-electron chi connectivity index (χ4n) is 6.70. The molecule has 2 atom stereocenters. The Labute approximate surface area is 305 Å². The molecular formula is C40H49N5O7. The molecule has 1 saturated heterocycles. The van der Waals surface area contributed by atoms with Gasteiger partial charge in [-0.3, -0.25) is 19.2 Å². The van der Waals surface area contributed by atoms with Crippen LogP contribution in [0.5, 0.6) is 0 Å². The highest BCUT2D eigenvalue weighted by molar-refractivity contribution is 5.93. The standard InChI is InChI=1S/C40H49N5O7/c1-3-22-51-27-35(43-40(50)52-26-33-31-18-10-8-16-29(31)30-17-9-11-19-32(30)33)39(49)44(2)25-36(46)42-34(23-28-14-6-4-7-15-28)38(48)41-24-37(47)45-20-12-5-13-21-45/h4,6-11,14-19,33-35H,3,5,12-13,20-27H2,1-2H3,(H,41,48)(H,42,46)(H,43,50). The number of fused-ring (bicyclic) bond motifs is 3. The van der Waals surface area contributed by atoms with Crippen molar-refractivity contribution < 1.29 is 33.4 Å². The second-order valence-corrected chi connectivity index (χ2v) is 13.3. The van der Waals surface area contributed by atoms with Gasteiger partial charge in [0.05, 0.1) is 19.7 Å². The van der Waals surface area contributed by atoms with Crippen molar-refractivity contribution in [1.82, 2.24) is 25.8 Å². The van der Waals surface area contributed by atoms with Gasteiger partial charge in [0.1, 0.15) is 18.7 Å². The maximum Gasteiger partial charge on any atom is 0.407 e. The van der Waals surface area contributed by atoms with Crippen LogP contribution in [-0.4, -0.2) is 105 Å². The summed E-state index contributed by atoms with van der Waals surface area (Å²) in [5.74, 6) is -1.96. The Hall–Kier alpha value is -5.23. The molecule has 3 aromatic carbocycles. The van der Waals surface area contributed by atoms with E-state index in [1.807, 2.05) is 85.8 Å². The molecule has 2 aliphatic rings. The Morgan fingerprint density at radius 3 is 2.12 bits per heavy atom. The zero-order chi connectivity index (χ0) is 36.9. The van der Waals surface area contributed by atoms with E-state index < -0.39 is 35.9 Å². The summed E-state index contributed by atoms with van der Waals surface area (Å²) in [5, 5.41) is 8.07. The first kappa shape index (κ1) is 38.0. The van der Waals surface area contributed by atoms with Crippen molar-refractivity contribution in [3.63, 3.8) is 0 Å². The van der Waals surface area contributed by atoms with Crippen LogP contribution in [0.15, 0.2) is 78.9 Å². The molecule has 1 fully saturated rings. The topological polar surface area (TPSA) is 146 Å². The largest absolute Gasteiger partial charge is 0.449 e. The van der Waals surface area contributed by atoms with Gasteiger partial charge in [-0.25, -0.2) is 4.79 Å².